The third-order valence-corrected chi connectivity index (χ3v) is 14.8. The molecule has 1 unspecified atom stereocenters. The number of hydrogen-bond donors (Lipinski definition) is 1. The summed E-state index contributed by atoms with van der Waals surface area (Å²) in [5.74, 6) is 1.35. The molecule has 15 nitrogen and oxygen atoms in total. The van der Waals surface area contributed by atoms with Crippen LogP contribution in [-0.2, 0) is 27.4 Å². The van der Waals surface area contributed by atoms with Crippen molar-refractivity contribution >= 4 is 56.4 Å². The van der Waals surface area contributed by atoms with Crippen LogP contribution < -0.4 is 14.4 Å². The number of amides is 1. The molecular formula is C50H58ClN9O6S. The van der Waals surface area contributed by atoms with Crippen molar-refractivity contribution in [1.29, 1.82) is 0 Å². The van der Waals surface area contributed by atoms with Gasteiger partial charge in [0.05, 0.1) is 38.4 Å². The molecule has 2 atom stereocenters. The van der Waals surface area contributed by atoms with Gasteiger partial charge in [-0.3, -0.25) is 19.7 Å². The Bertz CT molecular complexity index is 2660. The van der Waals surface area contributed by atoms with Crippen molar-refractivity contribution in [2.45, 2.75) is 71.5 Å². The van der Waals surface area contributed by atoms with Gasteiger partial charge in [-0.25, -0.2) is 14.8 Å². The van der Waals surface area contributed by atoms with Crippen molar-refractivity contribution in [2.75, 3.05) is 77.5 Å². The number of piperazine rings is 2. The van der Waals surface area contributed by atoms with Gasteiger partial charge in [0.15, 0.2) is 5.82 Å². The molecule has 9 rings (SSSR count). The summed E-state index contributed by atoms with van der Waals surface area (Å²) >= 11 is 8.49. The summed E-state index contributed by atoms with van der Waals surface area (Å²) in [4.78, 5) is 52.6. The van der Waals surface area contributed by atoms with Crippen molar-refractivity contribution in [1.82, 2.24) is 39.0 Å². The lowest BCUT2D eigenvalue weighted by Gasteiger charge is -2.35. The minimum absolute atomic E-state index is 0.0206. The molecule has 1 amide bonds. The number of aliphatic carboxylic acids is 1. The van der Waals surface area contributed by atoms with E-state index in [0.29, 0.717) is 59.7 Å². The third kappa shape index (κ3) is 10.4. The number of fused-ring (bicyclic) bond motifs is 1. The second-order valence-electron chi connectivity index (χ2n) is 18.1. The number of para-hydroxylation sites is 1. The zero-order valence-electron chi connectivity index (χ0n) is 38.6. The monoisotopic (exact) mass is 947 g/mol. The number of carbonyl (C=O) groups excluding carboxylic acids is 1. The molecule has 0 bridgehead atoms. The number of rotatable bonds is 16. The maximum atomic E-state index is 13.1. The maximum Gasteiger partial charge on any atom is 0.345 e. The van der Waals surface area contributed by atoms with E-state index >= 15 is 0 Å². The number of carboxylic acid groups (broad SMARTS) is 1. The minimum atomic E-state index is -1.27. The van der Waals surface area contributed by atoms with E-state index in [-0.39, 0.29) is 36.7 Å². The molecule has 1 N–H and O–H groups in total. The number of anilines is 1. The Balaban J connectivity index is 0.917. The number of pyridine rings is 2. The molecule has 17 heteroatoms. The Labute approximate surface area is 400 Å². The molecule has 67 heavy (non-hydrogen) atoms. The van der Waals surface area contributed by atoms with Crippen LogP contribution in [0.1, 0.15) is 74.9 Å². The molecule has 6 heterocycles. The van der Waals surface area contributed by atoms with E-state index in [1.807, 2.05) is 60.6 Å². The molecule has 0 spiro atoms. The highest BCUT2D eigenvalue weighted by Gasteiger charge is 2.35. The van der Waals surface area contributed by atoms with E-state index in [2.05, 4.69) is 38.6 Å². The van der Waals surface area contributed by atoms with Crippen LogP contribution in [0.5, 0.6) is 11.6 Å². The van der Waals surface area contributed by atoms with Gasteiger partial charge in [0.2, 0.25) is 17.9 Å². The summed E-state index contributed by atoms with van der Waals surface area (Å²) in [5.41, 5.74) is 6.85. The molecule has 4 aliphatic rings. The molecular weight excluding hydrogens is 890 g/mol. The van der Waals surface area contributed by atoms with E-state index in [0.717, 1.165) is 109 Å². The van der Waals surface area contributed by atoms with Gasteiger partial charge in [-0.1, -0.05) is 43.1 Å². The molecule has 0 radical (unpaired) electrons. The van der Waals surface area contributed by atoms with Gasteiger partial charge in [-0.05, 0) is 85.7 Å². The van der Waals surface area contributed by atoms with E-state index in [1.54, 1.807) is 19.2 Å². The minimum Gasteiger partial charge on any atom is -0.495 e. The molecule has 1 aromatic carbocycles. The standard InChI is InChI=1S/C50H58ClN9O6S/c1-31-26-38(32(2)45(51)47(31)64-25-24-58-18-16-57(4)17-19-58)43-44-42(29-54-46(43)34-9-7-10-34)67-56-49(44)66-41(50(62)63)27-35-8-5-6-11-40(35)65-30-36-14-15-52-48(55-36)39-13-12-37(28-53-39)60-22-20-59(21-23-60)33(3)61/h5-6,8,11-15,28-29,31,34,41H,7,9-10,16-27,30H2,1-4H3,(H,62,63)/t31?,41-/m1/s1. The van der Waals surface area contributed by atoms with Crippen LogP contribution in [0, 0.1) is 5.92 Å². The highest BCUT2D eigenvalue weighted by molar-refractivity contribution is 7.13. The number of carbonyl (C=O) groups is 2. The average molecular weight is 949 g/mol. The van der Waals surface area contributed by atoms with E-state index < -0.39 is 12.1 Å². The molecule has 2 aliphatic heterocycles. The van der Waals surface area contributed by atoms with Gasteiger partial charge in [0, 0.05) is 102 Å². The van der Waals surface area contributed by atoms with Crippen LogP contribution in [0.3, 0.4) is 0 Å². The van der Waals surface area contributed by atoms with Gasteiger partial charge in [-0.2, -0.15) is 4.37 Å². The Morgan fingerprint density at radius 3 is 2.46 bits per heavy atom. The van der Waals surface area contributed by atoms with Crippen LogP contribution in [0.15, 0.2) is 77.4 Å². The summed E-state index contributed by atoms with van der Waals surface area (Å²) in [5, 5.41) is 12.1. The zero-order chi connectivity index (χ0) is 46.6. The molecule has 2 saturated heterocycles. The number of carboxylic acids is 1. The summed E-state index contributed by atoms with van der Waals surface area (Å²) in [6.45, 7) is 14.4. The van der Waals surface area contributed by atoms with Crippen molar-refractivity contribution in [3.8, 4) is 23.1 Å². The highest BCUT2D eigenvalue weighted by Crippen LogP contribution is 2.49. The number of nitrogens with zero attached hydrogens (tertiary/aromatic N) is 9. The molecule has 1 saturated carbocycles. The summed E-state index contributed by atoms with van der Waals surface area (Å²) in [7, 11) is 2.16. The molecule has 5 aromatic rings. The summed E-state index contributed by atoms with van der Waals surface area (Å²) in [6.07, 6.45) is 7.97. The topological polar surface area (TPSA) is 159 Å². The second kappa shape index (κ2) is 20.7. The van der Waals surface area contributed by atoms with Crippen molar-refractivity contribution in [2.24, 2.45) is 5.92 Å². The van der Waals surface area contributed by atoms with Crippen molar-refractivity contribution < 1.29 is 28.9 Å². The first kappa shape index (κ1) is 46.4. The van der Waals surface area contributed by atoms with Gasteiger partial charge in [0.1, 0.15) is 30.4 Å². The predicted octanol–water partition coefficient (Wildman–Crippen LogP) is 7.66. The first-order valence-electron chi connectivity index (χ1n) is 23.3. The van der Waals surface area contributed by atoms with Gasteiger partial charge in [0.25, 0.3) is 0 Å². The van der Waals surface area contributed by atoms with Gasteiger partial charge < -0.3 is 34.0 Å². The average Bonchev–Trinajstić information content (AvgIpc) is 3.73. The highest BCUT2D eigenvalue weighted by atomic mass is 35.5. The summed E-state index contributed by atoms with van der Waals surface area (Å²) in [6, 6.07) is 13.1. The third-order valence-electron chi connectivity index (χ3n) is 13.6. The number of ether oxygens (including phenoxy) is 3. The van der Waals surface area contributed by atoms with E-state index in [4.69, 9.17) is 40.2 Å². The quantitative estimate of drug-likeness (QED) is 0.103. The van der Waals surface area contributed by atoms with Crippen molar-refractivity contribution in [3.05, 3.63) is 99.9 Å². The second-order valence-corrected chi connectivity index (χ2v) is 19.2. The number of aromatic nitrogens is 5. The molecule has 3 fully saturated rings. The fourth-order valence-corrected chi connectivity index (χ4v) is 10.4. The van der Waals surface area contributed by atoms with Crippen LogP contribution in [0.2, 0.25) is 0 Å². The number of likely N-dealkylation sites (N-methyl/N-ethyl adjacent to an activating group) is 1. The van der Waals surface area contributed by atoms with Gasteiger partial charge >= 0.3 is 5.97 Å². The fourth-order valence-electron chi connectivity index (χ4n) is 9.30. The number of allylic oxidation sites excluding steroid dienone is 4. The zero-order valence-corrected chi connectivity index (χ0v) is 40.2. The molecule has 2 aliphatic carbocycles. The first-order chi connectivity index (χ1) is 32.5. The lowest BCUT2D eigenvalue weighted by Crippen LogP contribution is -2.48. The number of halogens is 1. The van der Waals surface area contributed by atoms with E-state index in [9.17, 15) is 14.7 Å². The normalized spacial score (nSPS) is 19.1. The molecule has 352 valence electrons. The Hall–Kier alpha value is -5.68. The Kier molecular flexibility index (Phi) is 14.3. The van der Waals surface area contributed by atoms with Crippen LogP contribution in [0.25, 0.3) is 27.2 Å². The maximum absolute atomic E-state index is 13.1. The van der Waals surface area contributed by atoms with E-state index in [1.165, 1.54) is 11.5 Å². The smallest absolute Gasteiger partial charge is 0.345 e. The fraction of sp³-hybridized carbons (Fsp3) is 0.460. The SMILES string of the molecule is CC(=O)N1CCN(c2ccc(-c3nccc(COc4ccccc4C[C@@H](Oc4nsc5cnc(C6CCC6)c(C6=C(C)C(Cl)=C(OCCN7CCN(C)CC7)C(C)C6)c45)C(=O)O)n3)nc2)CC1. The largest absolute Gasteiger partial charge is 0.495 e. The lowest BCUT2D eigenvalue weighted by molar-refractivity contribution is -0.145. The van der Waals surface area contributed by atoms with Crippen LogP contribution in [0.4, 0.5) is 5.69 Å². The Morgan fingerprint density at radius 1 is 0.955 bits per heavy atom. The predicted molar refractivity (Wildman–Crippen MR) is 259 cm³/mol. The summed E-state index contributed by atoms with van der Waals surface area (Å²) < 4.78 is 24.8. The van der Waals surface area contributed by atoms with Gasteiger partial charge in [-0.15, -0.1) is 0 Å². The van der Waals surface area contributed by atoms with Crippen molar-refractivity contribution in [3.63, 3.8) is 0 Å². The van der Waals surface area contributed by atoms with Crippen LogP contribution in [-0.4, -0.2) is 135 Å². The number of hydrogen-bond acceptors (Lipinski definition) is 14. The first-order valence-corrected chi connectivity index (χ1v) is 24.5. The van der Waals surface area contributed by atoms with Crippen LogP contribution >= 0.6 is 23.1 Å². The lowest BCUT2D eigenvalue weighted by atomic mass is 9.76. The Morgan fingerprint density at radius 2 is 1.75 bits per heavy atom. The molecule has 4 aromatic heterocycles. The number of benzene rings is 1.